The first-order valence-electron chi connectivity index (χ1n) is 6.10. The van der Waals surface area contributed by atoms with Crippen LogP contribution < -0.4 is 10.4 Å². The van der Waals surface area contributed by atoms with Gasteiger partial charge in [0.25, 0.3) is 5.91 Å². The first-order chi connectivity index (χ1) is 9.41. The third-order valence-corrected chi connectivity index (χ3v) is 4.33. The zero-order chi connectivity index (χ0) is 14.9. The van der Waals surface area contributed by atoms with Gasteiger partial charge in [0.05, 0.1) is 5.97 Å². The van der Waals surface area contributed by atoms with Gasteiger partial charge in [-0.15, -0.1) is 11.3 Å². The smallest absolute Gasteiger partial charge is 0.256 e. The Hall–Kier alpha value is -2.14. The maximum atomic E-state index is 12.2. The van der Waals surface area contributed by atoms with Gasteiger partial charge >= 0.3 is 0 Å². The lowest BCUT2D eigenvalue weighted by molar-refractivity contribution is -0.254. The van der Waals surface area contributed by atoms with Crippen LogP contribution >= 0.6 is 11.3 Å². The van der Waals surface area contributed by atoms with Gasteiger partial charge in [-0.25, -0.2) is 0 Å². The number of amides is 1. The summed E-state index contributed by atoms with van der Waals surface area (Å²) in [5, 5.41) is 14.2. The van der Waals surface area contributed by atoms with Gasteiger partial charge in [-0.05, 0) is 38.0 Å². The molecule has 0 aliphatic rings. The predicted octanol–water partition coefficient (Wildman–Crippen LogP) is 2.29. The number of carboxylic acids is 1. The Kier molecular flexibility index (Phi) is 3.90. The Morgan fingerprint density at radius 1 is 1.15 bits per heavy atom. The Morgan fingerprint density at radius 2 is 1.80 bits per heavy atom. The number of hydrogen-bond acceptors (Lipinski definition) is 4. The highest BCUT2D eigenvalue weighted by molar-refractivity contribution is 7.16. The van der Waals surface area contributed by atoms with Gasteiger partial charge in [-0.1, -0.05) is 18.2 Å². The molecule has 104 valence electrons. The molecular weight excluding hydrogens is 274 g/mol. The normalized spacial score (nSPS) is 10.3. The van der Waals surface area contributed by atoms with Crippen molar-refractivity contribution in [2.75, 3.05) is 5.32 Å². The molecule has 1 amide bonds. The monoisotopic (exact) mass is 288 g/mol. The van der Waals surface area contributed by atoms with Crippen LogP contribution in [0.25, 0.3) is 0 Å². The van der Waals surface area contributed by atoms with Gasteiger partial charge in [0, 0.05) is 16.0 Å². The van der Waals surface area contributed by atoms with Gasteiger partial charge < -0.3 is 15.2 Å². The van der Waals surface area contributed by atoms with E-state index < -0.39 is 5.97 Å². The van der Waals surface area contributed by atoms with Crippen molar-refractivity contribution < 1.29 is 14.7 Å². The molecule has 1 heterocycles. The standard InChI is InChI=1S/C15H15NO3S/c1-8-6-4-5-7-11(8)13(17)16-14-12(15(18)19)9(2)10(3)20-14/h4-7H,1-3H3,(H,16,17)(H,18,19)/p-1. The Balaban J connectivity index is 2.36. The number of anilines is 1. The van der Waals surface area contributed by atoms with Crippen LogP contribution in [0, 0.1) is 20.8 Å². The summed E-state index contributed by atoms with van der Waals surface area (Å²) in [4.78, 5) is 24.2. The molecule has 0 unspecified atom stereocenters. The van der Waals surface area contributed by atoms with Gasteiger partial charge in [0.15, 0.2) is 0 Å². The molecule has 0 fully saturated rings. The number of aromatic carboxylic acids is 1. The van der Waals surface area contributed by atoms with Crippen molar-refractivity contribution in [3.8, 4) is 0 Å². The molecule has 0 bridgehead atoms. The van der Waals surface area contributed by atoms with Crippen molar-refractivity contribution in [3.05, 3.63) is 51.4 Å². The van der Waals surface area contributed by atoms with Crippen LogP contribution in [0.15, 0.2) is 24.3 Å². The third kappa shape index (κ3) is 2.58. The van der Waals surface area contributed by atoms with Crippen LogP contribution in [0.4, 0.5) is 5.00 Å². The molecule has 0 radical (unpaired) electrons. The van der Waals surface area contributed by atoms with Crippen LogP contribution in [0.2, 0.25) is 0 Å². The fraction of sp³-hybridized carbons (Fsp3) is 0.200. The van der Waals surface area contributed by atoms with Crippen molar-refractivity contribution in [3.63, 3.8) is 0 Å². The molecular formula is C15H14NO3S-. The molecule has 0 aliphatic carbocycles. The molecule has 1 aromatic heterocycles. The predicted molar refractivity (Wildman–Crippen MR) is 77.3 cm³/mol. The van der Waals surface area contributed by atoms with E-state index in [0.29, 0.717) is 16.1 Å². The van der Waals surface area contributed by atoms with E-state index in [9.17, 15) is 14.7 Å². The fourth-order valence-electron chi connectivity index (χ4n) is 1.96. The van der Waals surface area contributed by atoms with E-state index in [2.05, 4.69) is 5.32 Å². The molecule has 0 aliphatic heterocycles. The summed E-state index contributed by atoms with van der Waals surface area (Å²) in [6.45, 7) is 5.36. The zero-order valence-corrected chi connectivity index (χ0v) is 12.3. The van der Waals surface area contributed by atoms with Crippen molar-refractivity contribution in [2.45, 2.75) is 20.8 Å². The summed E-state index contributed by atoms with van der Waals surface area (Å²) in [6, 6.07) is 7.15. The Labute approximate surface area is 121 Å². The van der Waals surface area contributed by atoms with E-state index in [-0.39, 0.29) is 11.5 Å². The minimum absolute atomic E-state index is 0.0643. The highest BCUT2D eigenvalue weighted by Gasteiger charge is 2.17. The summed E-state index contributed by atoms with van der Waals surface area (Å²) in [7, 11) is 0. The highest BCUT2D eigenvalue weighted by Crippen LogP contribution is 2.32. The lowest BCUT2D eigenvalue weighted by Gasteiger charge is -2.09. The van der Waals surface area contributed by atoms with E-state index in [4.69, 9.17) is 0 Å². The van der Waals surface area contributed by atoms with Crippen LogP contribution in [0.3, 0.4) is 0 Å². The maximum Gasteiger partial charge on any atom is 0.256 e. The van der Waals surface area contributed by atoms with E-state index in [1.54, 1.807) is 19.1 Å². The molecule has 0 saturated heterocycles. The number of carbonyl (C=O) groups is 2. The van der Waals surface area contributed by atoms with Gasteiger partial charge in [-0.2, -0.15) is 0 Å². The first kappa shape index (κ1) is 14.3. The Bertz CT molecular complexity index is 688. The second-order valence-corrected chi connectivity index (χ2v) is 5.77. The van der Waals surface area contributed by atoms with Gasteiger partial charge in [0.1, 0.15) is 5.00 Å². The largest absolute Gasteiger partial charge is 0.545 e. The number of aryl methyl sites for hydroxylation is 2. The molecule has 4 nitrogen and oxygen atoms in total. The molecule has 2 rings (SSSR count). The van der Waals surface area contributed by atoms with Crippen LogP contribution in [0.5, 0.6) is 0 Å². The van der Waals surface area contributed by atoms with Crippen molar-refractivity contribution in [1.82, 2.24) is 0 Å². The number of carboxylic acid groups (broad SMARTS) is 1. The Morgan fingerprint density at radius 3 is 2.40 bits per heavy atom. The topological polar surface area (TPSA) is 69.2 Å². The van der Waals surface area contributed by atoms with E-state index >= 15 is 0 Å². The van der Waals surface area contributed by atoms with E-state index in [0.717, 1.165) is 10.4 Å². The van der Waals surface area contributed by atoms with Crippen molar-refractivity contribution in [1.29, 1.82) is 0 Å². The SMILES string of the molecule is Cc1ccccc1C(=O)Nc1sc(C)c(C)c1C(=O)[O-]. The number of thiophene rings is 1. The number of hydrogen-bond donors (Lipinski definition) is 1. The van der Waals surface area contributed by atoms with E-state index in [1.165, 1.54) is 11.3 Å². The summed E-state index contributed by atoms with van der Waals surface area (Å²) in [6.07, 6.45) is 0. The molecule has 0 saturated carbocycles. The number of nitrogens with one attached hydrogen (secondary N) is 1. The minimum Gasteiger partial charge on any atom is -0.545 e. The second-order valence-electron chi connectivity index (χ2n) is 4.54. The third-order valence-electron chi connectivity index (χ3n) is 3.21. The lowest BCUT2D eigenvalue weighted by atomic mass is 10.1. The molecule has 0 atom stereocenters. The fourth-order valence-corrected chi connectivity index (χ4v) is 3.00. The molecule has 5 heteroatoms. The molecule has 1 N–H and O–H groups in total. The lowest BCUT2D eigenvalue weighted by Crippen LogP contribution is -2.24. The maximum absolute atomic E-state index is 12.2. The minimum atomic E-state index is -1.27. The van der Waals surface area contributed by atoms with Crippen LogP contribution in [-0.2, 0) is 0 Å². The van der Waals surface area contributed by atoms with Crippen molar-refractivity contribution in [2.24, 2.45) is 0 Å². The molecule has 0 spiro atoms. The highest BCUT2D eigenvalue weighted by atomic mass is 32.1. The average molecular weight is 288 g/mol. The number of benzene rings is 1. The zero-order valence-electron chi connectivity index (χ0n) is 11.4. The van der Waals surface area contributed by atoms with Gasteiger partial charge in [-0.3, -0.25) is 4.79 Å². The van der Waals surface area contributed by atoms with E-state index in [1.807, 2.05) is 26.0 Å². The number of carbonyl (C=O) groups excluding carboxylic acids is 2. The number of rotatable bonds is 3. The summed E-state index contributed by atoms with van der Waals surface area (Å²) in [5.74, 6) is -1.58. The van der Waals surface area contributed by atoms with Crippen molar-refractivity contribution >= 4 is 28.2 Å². The molecule has 20 heavy (non-hydrogen) atoms. The second kappa shape index (κ2) is 5.46. The first-order valence-corrected chi connectivity index (χ1v) is 6.91. The average Bonchev–Trinajstić information content (AvgIpc) is 2.65. The summed E-state index contributed by atoms with van der Waals surface area (Å²) >= 11 is 1.25. The van der Waals surface area contributed by atoms with Crippen LogP contribution in [0.1, 0.15) is 36.7 Å². The summed E-state index contributed by atoms with van der Waals surface area (Å²) in [5.41, 5.74) is 2.06. The van der Waals surface area contributed by atoms with Crippen LogP contribution in [-0.4, -0.2) is 11.9 Å². The molecule has 1 aromatic carbocycles. The quantitative estimate of drug-likeness (QED) is 0.942. The van der Waals surface area contributed by atoms with Gasteiger partial charge in [0.2, 0.25) is 0 Å². The molecule has 2 aromatic rings. The summed E-state index contributed by atoms with van der Waals surface area (Å²) < 4.78 is 0.